The summed E-state index contributed by atoms with van der Waals surface area (Å²) in [5, 5.41) is 19.9. The van der Waals surface area contributed by atoms with Crippen molar-refractivity contribution in [2.24, 2.45) is 0 Å². The molecule has 0 aliphatic carbocycles. The second-order valence-electron chi connectivity index (χ2n) is 12.7. The molecule has 0 spiro atoms. The van der Waals surface area contributed by atoms with E-state index in [-0.39, 0.29) is 6.73 Å². The lowest BCUT2D eigenvalue weighted by molar-refractivity contribution is 0.0747. The molecule has 1 aliphatic heterocycles. The highest BCUT2D eigenvalue weighted by atomic mass is 35.5. The number of rotatable bonds is 11. The Bertz CT molecular complexity index is 2100. The zero-order valence-corrected chi connectivity index (χ0v) is 31.0. The summed E-state index contributed by atoms with van der Waals surface area (Å²) in [7, 11) is -5.45. The first-order valence-corrected chi connectivity index (χ1v) is 21.6. The molecule has 254 valence electrons. The normalized spacial score (nSPS) is 14.4. The first-order valence-electron chi connectivity index (χ1n) is 15.3. The highest BCUT2D eigenvalue weighted by Gasteiger charge is 2.38. The number of hydrogen-bond acceptors (Lipinski definition) is 7. The average Bonchev–Trinajstić information content (AvgIpc) is 3.56. The summed E-state index contributed by atoms with van der Waals surface area (Å²) >= 11 is 18.6. The fraction of sp³-hybridized carbons (Fsp3) is 0.206. The predicted molar refractivity (Wildman–Crippen MR) is 197 cm³/mol. The van der Waals surface area contributed by atoms with Crippen LogP contribution < -0.4 is 4.31 Å². The molecule has 0 saturated carbocycles. The highest BCUT2D eigenvalue weighted by molar-refractivity contribution is 7.91. The fourth-order valence-corrected chi connectivity index (χ4v) is 7.81. The lowest BCUT2D eigenvalue weighted by Crippen LogP contribution is -2.36. The maximum absolute atomic E-state index is 13.4. The number of anilines is 1. The second kappa shape index (κ2) is 14.1. The van der Waals surface area contributed by atoms with Crippen molar-refractivity contribution in [2.75, 3.05) is 17.6 Å². The lowest BCUT2D eigenvalue weighted by atomic mass is 10.1. The van der Waals surface area contributed by atoms with Gasteiger partial charge in [0.05, 0.1) is 28.3 Å². The van der Waals surface area contributed by atoms with Gasteiger partial charge in [-0.2, -0.15) is 12.7 Å². The number of imidazole rings is 1. The minimum absolute atomic E-state index is 0.272. The van der Waals surface area contributed by atoms with Crippen molar-refractivity contribution < 1.29 is 18.3 Å². The van der Waals surface area contributed by atoms with Crippen LogP contribution in [0.5, 0.6) is 0 Å². The number of nitrogens with zero attached hydrogens (tertiary/aromatic N) is 6. The average molecular weight is 756 g/mol. The van der Waals surface area contributed by atoms with Crippen LogP contribution in [0.3, 0.4) is 0 Å². The zero-order chi connectivity index (χ0) is 34.9. The summed E-state index contributed by atoms with van der Waals surface area (Å²) in [4.78, 5) is 4.96. The third-order valence-electron chi connectivity index (χ3n) is 7.83. The molecule has 0 fully saturated rings. The van der Waals surface area contributed by atoms with Crippen molar-refractivity contribution in [3.63, 3.8) is 0 Å². The van der Waals surface area contributed by atoms with E-state index in [2.05, 4.69) is 29.8 Å². The third-order valence-corrected chi connectivity index (χ3v) is 11.9. The molecule has 0 unspecified atom stereocenters. The Morgan fingerprint density at radius 1 is 0.857 bits per heavy atom. The van der Waals surface area contributed by atoms with Crippen molar-refractivity contribution in [1.29, 1.82) is 0 Å². The first kappa shape index (κ1) is 34.9. The first-order chi connectivity index (χ1) is 23.3. The van der Waals surface area contributed by atoms with Gasteiger partial charge in [0.25, 0.3) is 0 Å². The summed E-state index contributed by atoms with van der Waals surface area (Å²) in [6.45, 7) is 6.78. The number of hydrogen-bond donors (Lipinski definition) is 1. The van der Waals surface area contributed by atoms with Crippen LogP contribution in [-0.2, 0) is 21.4 Å². The third kappa shape index (κ3) is 7.95. The van der Waals surface area contributed by atoms with Gasteiger partial charge in [-0.15, -0.1) is 10.2 Å². The van der Waals surface area contributed by atoms with Crippen molar-refractivity contribution in [3.8, 4) is 28.2 Å². The van der Waals surface area contributed by atoms with Crippen LogP contribution in [0, 0.1) is 0 Å². The molecule has 15 heteroatoms. The molecule has 0 atom stereocenters. The number of ether oxygens (including phenoxy) is 1. The number of aliphatic hydroxyl groups excluding tert-OH is 1. The standard InChI is InChI=1S/C34H33Cl3N6O4SSi/c1-49(2,3)17-16-47-22-43-34(44)21-42(48(43,45)46)27-11-9-26(10-12-27)41-20-31(28-13-8-25(35)19-29(28)36)38-33(41)18-23-4-6-24(7-5-23)30-14-15-32(37)40-39-30/h4-15,19-21,44H,16-18,22H2,1-3H3. The quantitative estimate of drug-likeness (QED) is 0.106. The Balaban J connectivity index is 1.27. The number of halogens is 3. The Morgan fingerprint density at radius 2 is 1.57 bits per heavy atom. The molecule has 5 aromatic rings. The summed E-state index contributed by atoms with van der Waals surface area (Å²) < 4.78 is 36.2. The smallest absolute Gasteiger partial charge is 0.334 e. The van der Waals surface area contributed by atoms with Crippen LogP contribution in [-0.4, -0.2) is 59.0 Å². The zero-order valence-electron chi connectivity index (χ0n) is 26.9. The Labute approximate surface area is 301 Å². The van der Waals surface area contributed by atoms with E-state index in [0.717, 1.165) is 42.9 Å². The van der Waals surface area contributed by atoms with Crippen molar-refractivity contribution in [3.05, 3.63) is 124 Å². The van der Waals surface area contributed by atoms with Crippen LogP contribution in [0.1, 0.15) is 11.4 Å². The highest BCUT2D eigenvalue weighted by Crippen LogP contribution is 2.33. The van der Waals surface area contributed by atoms with Crippen LogP contribution in [0.4, 0.5) is 5.69 Å². The van der Waals surface area contributed by atoms with Crippen LogP contribution in [0.25, 0.3) is 28.2 Å². The van der Waals surface area contributed by atoms with Crippen molar-refractivity contribution in [1.82, 2.24) is 24.1 Å². The molecular formula is C34H33Cl3N6O4SSi. The van der Waals surface area contributed by atoms with Gasteiger partial charge in [-0.05, 0) is 66.2 Å². The topological polar surface area (TPSA) is 114 Å². The van der Waals surface area contributed by atoms with E-state index in [1.807, 2.05) is 47.2 Å². The van der Waals surface area contributed by atoms with E-state index in [0.29, 0.717) is 45.3 Å². The Hall–Kier alpha value is -3.91. The minimum Gasteiger partial charge on any atom is -0.493 e. The number of aromatic nitrogens is 4. The molecule has 0 saturated heterocycles. The van der Waals surface area contributed by atoms with Gasteiger partial charge >= 0.3 is 10.2 Å². The number of aliphatic hydroxyl groups is 1. The van der Waals surface area contributed by atoms with Gasteiger partial charge in [0.15, 0.2) is 5.15 Å². The molecule has 0 bridgehead atoms. The molecule has 10 nitrogen and oxygen atoms in total. The van der Waals surface area contributed by atoms with E-state index < -0.39 is 24.2 Å². The summed E-state index contributed by atoms with van der Waals surface area (Å²) in [6, 6.07) is 24.5. The Kier molecular flexibility index (Phi) is 10.1. The molecule has 1 aliphatic rings. The fourth-order valence-electron chi connectivity index (χ4n) is 5.13. The molecule has 3 aromatic carbocycles. The Morgan fingerprint density at radius 3 is 2.22 bits per heavy atom. The molecule has 0 amide bonds. The molecule has 2 aromatic heterocycles. The SMILES string of the molecule is C[Si](C)(C)CCOCN1C(O)=CN(c2ccc(-n3cc(-c4ccc(Cl)cc4Cl)nc3Cc3ccc(-c4ccc(Cl)nn4)cc3)cc2)S1(=O)=O. The van der Waals surface area contributed by atoms with Crippen molar-refractivity contribution >= 4 is 58.8 Å². The molecule has 49 heavy (non-hydrogen) atoms. The van der Waals surface area contributed by atoms with E-state index in [9.17, 15) is 13.5 Å². The van der Waals surface area contributed by atoms with E-state index in [1.54, 1.807) is 42.5 Å². The van der Waals surface area contributed by atoms with E-state index in [1.165, 1.54) is 6.20 Å². The summed E-state index contributed by atoms with van der Waals surface area (Å²) in [5.74, 6) is 0.313. The van der Waals surface area contributed by atoms with Gasteiger partial charge in [0.1, 0.15) is 12.6 Å². The predicted octanol–water partition coefficient (Wildman–Crippen LogP) is 8.58. The van der Waals surface area contributed by atoms with Gasteiger partial charge in [-0.1, -0.05) is 78.7 Å². The molecule has 0 radical (unpaired) electrons. The minimum atomic E-state index is -4.09. The summed E-state index contributed by atoms with van der Waals surface area (Å²) in [5.41, 5.74) is 5.06. The van der Waals surface area contributed by atoms with Gasteiger partial charge in [0.2, 0.25) is 5.88 Å². The van der Waals surface area contributed by atoms with Gasteiger partial charge in [0, 0.05) is 49.1 Å². The summed E-state index contributed by atoms with van der Waals surface area (Å²) in [6.07, 6.45) is 3.53. The molecular weight excluding hydrogens is 723 g/mol. The number of benzene rings is 3. The van der Waals surface area contributed by atoms with Gasteiger partial charge < -0.3 is 14.4 Å². The van der Waals surface area contributed by atoms with Gasteiger partial charge in [-0.3, -0.25) is 0 Å². The van der Waals surface area contributed by atoms with Crippen LogP contribution in [0.2, 0.25) is 40.9 Å². The van der Waals surface area contributed by atoms with E-state index in [4.69, 9.17) is 44.5 Å². The molecule has 3 heterocycles. The maximum Gasteiger partial charge on any atom is 0.334 e. The molecule has 1 N–H and O–H groups in total. The second-order valence-corrected chi connectivity index (χ2v) is 21.2. The molecule has 6 rings (SSSR count). The van der Waals surface area contributed by atoms with E-state index >= 15 is 0 Å². The lowest BCUT2D eigenvalue weighted by Gasteiger charge is -2.22. The van der Waals surface area contributed by atoms with Gasteiger partial charge in [-0.25, -0.2) is 9.29 Å². The monoisotopic (exact) mass is 754 g/mol. The largest absolute Gasteiger partial charge is 0.493 e. The van der Waals surface area contributed by atoms with Crippen LogP contribution in [0.15, 0.2) is 97.1 Å². The van der Waals surface area contributed by atoms with Crippen LogP contribution >= 0.6 is 34.8 Å². The maximum atomic E-state index is 13.4. The van der Waals surface area contributed by atoms with Crippen molar-refractivity contribution in [2.45, 2.75) is 32.1 Å².